The normalized spacial score (nSPS) is 22.9. The van der Waals surface area contributed by atoms with Gasteiger partial charge in [0.05, 0.1) is 16.3 Å². The van der Waals surface area contributed by atoms with E-state index >= 15 is 0 Å². The molecule has 10 nitrogen and oxygen atoms in total. The van der Waals surface area contributed by atoms with Crippen molar-refractivity contribution >= 4 is 30.9 Å². The topological polar surface area (TPSA) is 131 Å². The molecule has 0 unspecified atom stereocenters. The molecule has 0 bridgehead atoms. The van der Waals surface area contributed by atoms with Gasteiger partial charge in [-0.1, -0.05) is 25.9 Å². The van der Waals surface area contributed by atoms with Crippen molar-refractivity contribution < 1.29 is 13.9 Å². The molecule has 0 spiro atoms. The van der Waals surface area contributed by atoms with E-state index in [4.69, 9.17) is 19.4 Å². The average molecular weight is 523 g/mol. The molecule has 1 fully saturated rings. The minimum absolute atomic E-state index is 0.0401. The Kier molecular flexibility index (Phi) is 7.50. The number of nitrogens with zero attached hydrogens (tertiary/aromatic N) is 4. The van der Waals surface area contributed by atoms with E-state index in [1.807, 2.05) is 22.6 Å². The molecule has 0 radical (unpaired) electrons. The highest BCUT2D eigenvalue weighted by atomic mass is 127. The fourth-order valence-electron chi connectivity index (χ4n) is 2.53. The molecule has 1 aromatic heterocycles. The molecule has 3 atom stereocenters. The Morgan fingerprint density at radius 3 is 2.75 bits per heavy atom. The number of ether oxygens (including phenoxy) is 2. The standard InChI is InChI=1S/C16H26IN5O5Si/c1-16(2,3)28(4,5)26-8-12-11(25-9-19-21-18)6-13(27-12)22-7-10(17)14(23)20-15(22)24/h7,11-13H,6,8-9H2,1-5H3,(H,20,23,24)/t11-,12-,13-/m1/s1. The second kappa shape index (κ2) is 9.09. The molecule has 2 heterocycles. The maximum Gasteiger partial charge on any atom is 0.330 e. The Morgan fingerprint density at radius 1 is 1.46 bits per heavy atom. The van der Waals surface area contributed by atoms with Crippen molar-refractivity contribution in [2.45, 2.75) is 63.8 Å². The number of nitrogens with one attached hydrogen (secondary N) is 1. The zero-order valence-corrected chi connectivity index (χ0v) is 19.8. The molecule has 1 N–H and O–H groups in total. The number of azide groups is 1. The number of halogens is 1. The SMILES string of the molecule is CC(C)(C)[Si](C)(C)OC[C@H]1O[C@@H](n2cc(I)c(=O)[nH]c2=O)C[C@H]1OCN=[N+]=[N-]. The third-order valence-electron chi connectivity index (χ3n) is 5.24. The van der Waals surface area contributed by atoms with Crippen molar-refractivity contribution in [1.82, 2.24) is 9.55 Å². The summed E-state index contributed by atoms with van der Waals surface area (Å²) in [7, 11) is -2.00. The van der Waals surface area contributed by atoms with Crippen LogP contribution in [0, 0.1) is 3.57 Å². The fraction of sp³-hybridized carbons (Fsp3) is 0.750. The molecule has 0 saturated carbocycles. The Labute approximate surface area is 177 Å². The molecular weight excluding hydrogens is 497 g/mol. The monoisotopic (exact) mass is 523 g/mol. The summed E-state index contributed by atoms with van der Waals surface area (Å²) in [5, 5.41) is 3.45. The molecule has 1 aliphatic heterocycles. The summed E-state index contributed by atoms with van der Waals surface area (Å²) >= 11 is 1.86. The van der Waals surface area contributed by atoms with E-state index in [1.54, 1.807) is 0 Å². The number of rotatable bonds is 7. The zero-order chi connectivity index (χ0) is 21.1. The number of hydrogen-bond acceptors (Lipinski definition) is 6. The molecule has 12 heteroatoms. The van der Waals surface area contributed by atoms with Crippen molar-refractivity contribution in [2.75, 3.05) is 13.3 Å². The van der Waals surface area contributed by atoms with Crippen LogP contribution in [0.2, 0.25) is 18.1 Å². The number of H-pyrrole nitrogens is 1. The first-order valence-corrected chi connectivity index (χ1v) is 12.9. The van der Waals surface area contributed by atoms with Crippen molar-refractivity contribution in [3.63, 3.8) is 0 Å². The Hall–Kier alpha value is -1.18. The van der Waals surface area contributed by atoms with Crippen LogP contribution in [0.3, 0.4) is 0 Å². The van der Waals surface area contributed by atoms with Crippen LogP contribution in [0.5, 0.6) is 0 Å². The van der Waals surface area contributed by atoms with E-state index < -0.39 is 38.0 Å². The van der Waals surface area contributed by atoms with Crippen molar-refractivity contribution in [3.05, 3.63) is 41.0 Å². The smallest absolute Gasteiger partial charge is 0.330 e. The fourth-order valence-corrected chi connectivity index (χ4v) is 3.98. The average Bonchev–Trinajstić information content (AvgIpc) is 2.98. The lowest BCUT2D eigenvalue weighted by Gasteiger charge is -2.37. The molecule has 0 amide bonds. The predicted molar refractivity (Wildman–Crippen MR) is 115 cm³/mol. The highest BCUT2D eigenvalue weighted by molar-refractivity contribution is 14.1. The van der Waals surface area contributed by atoms with Gasteiger partial charge in [0.1, 0.15) is 19.1 Å². The van der Waals surface area contributed by atoms with Crippen LogP contribution in [0.1, 0.15) is 33.4 Å². The van der Waals surface area contributed by atoms with Gasteiger partial charge >= 0.3 is 5.69 Å². The first kappa shape index (κ1) is 23.1. The second-order valence-corrected chi connectivity index (χ2v) is 14.1. The first-order valence-electron chi connectivity index (χ1n) is 8.89. The quantitative estimate of drug-likeness (QED) is 0.193. The van der Waals surface area contributed by atoms with Gasteiger partial charge in [-0.05, 0) is 46.3 Å². The lowest BCUT2D eigenvalue weighted by Crippen LogP contribution is -2.44. The third-order valence-corrected chi connectivity index (χ3v) is 10.5. The van der Waals surface area contributed by atoms with E-state index in [-0.39, 0.29) is 11.8 Å². The Morgan fingerprint density at radius 2 is 2.14 bits per heavy atom. The third kappa shape index (κ3) is 5.45. The van der Waals surface area contributed by atoms with Gasteiger partial charge < -0.3 is 13.9 Å². The maximum atomic E-state index is 12.2. The lowest BCUT2D eigenvalue weighted by atomic mass is 10.2. The van der Waals surface area contributed by atoms with Crippen molar-refractivity contribution in [1.29, 1.82) is 0 Å². The minimum Gasteiger partial charge on any atom is -0.414 e. The summed E-state index contributed by atoms with van der Waals surface area (Å²) in [6, 6.07) is 0. The van der Waals surface area contributed by atoms with Crippen LogP contribution in [0.15, 0.2) is 20.9 Å². The molecule has 2 rings (SSSR count). The highest BCUT2D eigenvalue weighted by Gasteiger charge is 2.42. The number of hydrogen-bond donors (Lipinski definition) is 1. The van der Waals surface area contributed by atoms with E-state index in [1.165, 1.54) is 10.8 Å². The van der Waals surface area contributed by atoms with Crippen molar-refractivity contribution in [3.8, 4) is 0 Å². The van der Waals surface area contributed by atoms with Gasteiger partial charge in [-0.15, -0.1) is 0 Å². The minimum atomic E-state index is -2.00. The molecule has 1 saturated heterocycles. The van der Waals surface area contributed by atoms with E-state index in [0.717, 1.165) is 0 Å². The van der Waals surface area contributed by atoms with Crippen LogP contribution in [0.25, 0.3) is 10.4 Å². The predicted octanol–water partition coefficient (Wildman–Crippen LogP) is 3.10. The van der Waals surface area contributed by atoms with Crippen molar-refractivity contribution in [2.24, 2.45) is 5.11 Å². The van der Waals surface area contributed by atoms with Gasteiger partial charge in [0.2, 0.25) is 0 Å². The van der Waals surface area contributed by atoms with E-state index in [0.29, 0.717) is 16.6 Å². The van der Waals surface area contributed by atoms with Crippen LogP contribution in [0.4, 0.5) is 0 Å². The maximum absolute atomic E-state index is 12.2. The molecular formula is C16H26IN5O5Si. The van der Waals surface area contributed by atoms with Gasteiger partial charge in [-0.3, -0.25) is 14.3 Å². The van der Waals surface area contributed by atoms with Crippen LogP contribution >= 0.6 is 22.6 Å². The highest BCUT2D eigenvalue weighted by Crippen LogP contribution is 2.38. The lowest BCUT2D eigenvalue weighted by molar-refractivity contribution is -0.0588. The van der Waals surface area contributed by atoms with Gasteiger partial charge in [-0.2, -0.15) is 0 Å². The molecule has 1 aromatic rings. The van der Waals surface area contributed by atoms with Gasteiger partial charge in [0.15, 0.2) is 8.32 Å². The van der Waals surface area contributed by atoms with Crippen LogP contribution in [-0.4, -0.2) is 43.4 Å². The van der Waals surface area contributed by atoms with Crippen LogP contribution < -0.4 is 11.2 Å². The molecule has 156 valence electrons. The summed E-state index contributed by atoms with van der Waals surface area (Å²) in [5.41, 5.74) is 7.49. The second-order valence-electron chi connectivity index (χ2n) is 8.14. The van der Waals surface area contributed by atoms with E-state index in [9.17, 15) is 9.59 Å². The molecule has 28 heavy (non-hydrogen) atoms. The summed E-state index contributed by atoms with van der Waals surface area (Å²) in [6.07, 6.45) is 0.394. The summed E-state index contributed by atoms with van der Waals surface area (Å²) in [5.74, 6) is 0. The van der Waals surface area contributed by atoms with Gasteiger partial charge in [-0.25, -0.2) is 4.79 Å². The van der Waals surface area contributed by atoms with Gasteiger partial charge in [0, 0.05) is 17.5 Å². The number of aromatic nitrogens is 2. The molecule has 0 aliphatic carbocycles. The largest absolute Gasteiger partial charge is 0.414 e. The number of aromatic amines is 1. The van der Waals surface area contributed by atoms with Crippen LogP contribution in [-0.2, 0) is 13.9 Å². The Bertz CT molecular complexity index is 858. The summed E-state index contributed by atoms with van der Waals surface area (Å²) in [4.78, 5) is 28.8. The van der Waals surface area contributed by atoms with Gasteiger partial charge in [0.25, 0.3) is 5.56 Å². The molecule has 1 aliphatic rings. The summed E-state index contributed by atoms with van der Waals surface area (Å²) < 4.78 is 19.7. The molecule has 0 aromatic carbocycles. The Balaban J connectivity index is 2.20. The zero-order valence-electron chi connectivity index (χ0n) is 16.6. The van der Waals surface area contributed by atoms with E-state index in [2.05, 4.69) is 48.9 Å². The first-order chi connectivity index (χ1) is 13.0. The summed E-state index contributed by atoms with van der Waals surface area (Å²) in [6.45, 7) is 10.9.